The molecule has 1 heterocycles. The van der Waals surface area contributed by atoms with Crippen molar-refractivity contribution in [2.45, 2.75) is 38.9 Å². The highest BCUT2D eigenvalue weighted by atomic mass is 19.1. The molecule has 0 spiro atoms. The number of hydrogen-bond donors (Lipinski definition) is 2. The van der Waals surface area contributed by atoms with Crippen molar-refractivity contribution in [2.24, 2.45) is 5.92 Å². The van der Waals surface area contributed by atoms with Crippen LogP contribution >= 0.6 is 0 Å². The SMILES string of the molecule is CC(CNC(=O)N1CCCC(C(C)O)C1)Oc1ccccc1F. The summed E-state index contributed by atoms with van der Waals surface area (Å²) in [6.45, 7) is 5.09. The molecule has 23 heavy (non-hydrogen) atoms. The van der Waals surface area contributed by atoms with Gasteiger partial charge >= 0.3 is 6.03 Å². The summed E-state index contributed by atoms with van der Waals surface area (Å²) in [5.74, 6) is -0.107. The van der Waals surface area contributed by atoms with E-state index in [1.165, 1.54) is 6.07 Å². The summed E-state index contributed by atoms with van der Waals surface area (Å²) < 4.78 is 19.0. The average Bonchev–Trinajstić information content (AvgIpc) is 2.55. The number of para-hydroxylation sites is 1. The first-order chi connectivity index (χ1) is 11.0. The molecule has 128 valence electrons. The number of hydrogen-bond acceptors (Lipinski definition) is 3. The van der Waals surface area contributed by atoms with Gasteiger partial charge in [-0.25, -0.2) is 9.18 Å². The third-order valence-corrected chi connectivity index (χ3v) is 4.13. The Morgan fingerprint density at radius 1 is 1.48 bits per heavy atom. The van der Waals surface area contributed by atoms with Crippen molar-refractivity contribution in [3.05, 3.63) is 30.1 Å². The van der Waals surface area contributed by atoms with Crippen LogP contribution in [0.3, 0.4) is 0 Å². The Bertz CT molecular complexity index is 524. The quantitative estimate of drug-likeness (QED) is 0.874. The van der Waals surface area contributed by atoms with E-state index in [-0.39, 0.29) is 23.8 Å². The molecular formula is C17H25FN2O3. The van der Waals surface area contributed by atoms with Gasteiger partial charge < -0.3 is 20.1 Å². The largest absolute Gasteiger partial charge is 0.486 e. The molecule has 1 aliphatic heterocycles. The summed E-state index contributed by atoms with van der Waals surface area (Å²) >= 11 is 0. The minimum Gasteiger partial charge on any atom is -0.486 e. The highest BCUT2D eigenvalue weighted by Gasteiger charge is 2.26. The van der Waals surface area contributed by atoms with E-state index in [1.807, 2.05) is 0 Å². The van der Waals surface area contributed by atoms with E-state index < -0.39 is 11.9 Å². The minimum atomic E-state index is -0.415. The topological polar surface area (TPSA) is 61.8 Å². The van der Waals surface area contributed by atoms with Crippen LogP contribution in [0, 0.1) is 11.7 Å². The van der Waals surface area contributed by atoms with E-state index in [9.17, 15) is 14.3 Å². The number of carbonyl (C=O) groups excluding carboxylic acids is 1. The molecule has 6 heteroatoms. The molecule has 2 N–H and O–H groups in total. The fourth-order valence-corrected chi connectivity index (χ4v) is 2.73. The fraction of sp³-hybridized carbons (Fsp3) is 0.588. The molecule has 0 radical (unpaired) electrons. The Kier molecular flexibility index (Phi) is 6.21. The zero-order chi connectivity index (χ0) is 16.8. The van der Waals surface area contributed by atoms with Crippen molar-refractivity contribution in [3.63, 3.8) is 0 Å². The predicted molar refractivity (Wildman–Crippen MR) is 85.9 cm³/mol. The molecule has 0 bridgehead atoms. The summed E-state index contributed by atoms with van der Waals surface area (Å²) in [5, 5.41) is 12.5. The second kappa shape index (κ2) is 8.15. The first-order valence-electron chi connectivity index (χ1n) is 8.09. The van der Waals surface area contributed by atoms with E-state index in [0.29, 0.717) is 19.6 Å². The molecule has 2 amide bonds. The van der Waals surface area contributed by atoms with Gasteiger partial charge in [0.05, 0.1) is 12.6 Å². The van der Waals surface area contributed by atoms with Crippen molar-refractivity contribution in [2.75, 3.05) is 19.6 Å². The number of urea groups is 1. The molecule has 0 aromatic heterocycles. The van der Waals surface area contributed by atoms with Crippen LogP contribution in [0.1, 0.15) is 26.7 Å². The van der Waals surface area contributed by atoms with Crippen molar-refractivity contribution >= 4 is 6.03 Å². The second-order valence-corrected chi connectivity index (χ2v) is 6.13. The van der Waals surface area contributed by atoms with Gasteiger partial charge in [0.25, 0.3) is 0 Å². The molecule has 0 aliphatic carbocycles. The first kappa shape index (κ1) is 17.5. The molecule has 1 aromatic rings. The van der Waals surface area contributed by atoms with Crippen LogP contribution in [0.15, 0.2) is 24.3 Å². The molecule has 0 saturated carbocycles. The standard InChI is InChI=1S/C17H25FN2O3/c1-12(23-16-8-4-3-7-15(16)18)10-19-17(22)20-9-5-6-14(11-20)13(2)21/h3-4,7-8,12-14,21H,5-6,9-11H2,1-2H3,(H,19,22). The number of nitrogens with zero attached hydrogens (tertiary/aromatic N) is 1. The number of benzene rings is 1. The number of carbonyl (C=O) groups is 1. The van der Waals surface area contributed by atoms with E-state index in [4.69, 9.17) is 4.74 Å². The van der Waals surface area contributed by atoms with Gasteiger partial charge in [-0.05, 0) is 38.8 Å². The lowest BCUT2D eigenvalue weighted by atomic mass is 9.94. The molecule has 1 aliphatic rings. The maximum Gasteiger partial charge on any atom is 0.317 e. The van der Waals surface area contributed by atoms with Crippen molar-refractivity contribution < 1.29 is 19.0 Å². The van der Waals surface area contributed by atoms with Crippen LogP contribution in [0.4, 0.5) is 9.18 Å². The average molecular weight is 324 g/mol. The van der Waals surface area contributed by atoms with Gasteiger partial charge in [-0.1, -0.05) is 12.1 Å². The lowest BCUT2D eigenvalue weighted by molar-refractivity contribution is 0.0732. The highest BCUT2D eigenvalue weighted by molar-refractivity contribution is 5.74. The van der Waals surface area contributed by atoms with Gasteiger partial charge in [-0.2, -0.15) is 0 Å². The molecule has 3 atom stereocenters. The maximum absolute atomic E-state index is 13.5. The first-order valence-corrected chi connectivity index (χ1v) is 8.09. The number of ether oxygens (including phenoxy) is 1. The predicted octanol–water partition coefficient (Wildman–Crippen LogP) is 2.40. The molecule has 1 fully saturated rings. The Morgan fingerprint density at radius 3 is 2.91 bits per heavy atom. The van der Waals surface area contributed by atoms with Gasteiger partial charge in [0.1, 0.15) is 6.10 Å². The molecule has 2 rings (SSSR count). The number of rotatable bonds is 5. The smallest absolute Gasteiger partial charge is 0.317 e. The zero-order valence-corrected chi connectivity index (χ0v) is 13.7. The van der Waals surface area contributed by atoms with Gasteiger partial charge in [-0.3, -0.25) is 0 Å². The number of nitrogens with one attached hydrogen (secondary N) is 1. The van der Waals surface area contributed by atoms with Crippen molar-refractivity contribution in [1.82, 2.24) is 10.2 Å². The van der Waals surface area contributed by atoms with Crippen LogP contribution in [0.5, 0.6) is 5.75 Å². The zero-order valence-electron chi connectivity index (χ0n) is 13.7. The van der Waals surface area contributed by atoms with Gasteiger partial charge in [0.2, 0.25) is 0 Å². The van der Waals surface area contributed by atoms with E-state index >= 15 is 0 Å². The Hall–Kier alpha value is -1.82. The number of aliphatic hydroxyl groups is 1. The van der Waals surface area contributed by atoms with Gasteiger partial charge in [0, 0.05) is 19.0 Å². The lowest BCUT2D eigenvalue weighted by Gasteiger charge is -2.34. The second-order valence-electron chi connectivity index (χ2n) is 6.13. The van der Waals surface area contributed by atoms with Crippen LogP contribution in [0.25, 0.3) is 0 Å². The summed E-state index contributed by atoms with van der Waals surface area (Å²) in [6, 6.07) is 6.03. The molecule has 3 unspecified atom stereocenters. The summed E-state index contributed by atoms with van der Waals surface area (Å²) in [5.41, 5.74) is 0. The summed E-state index contributed by atoms with van der Waals surface area (Å²) in [7, 11) is 0. The summed E-state index contributed by atoms with van der Waals surface area (Å²) in [6.07, 6.45) is 1.08. The Morgan fingerprint density at radius 2 is 2.22 bits per heavy atom. The van der Waals surface area contributed by atoms with Crippen molar-refractivity contribution in [1.29, 1.82) is 0 Å². The van der Waals surface area contributed by atoms with Crippen LogP contribution in [0.2, 0.25) is 0 Å². The van der Waals surface area contributed by atoms with Gasteiger partial charge in [0.15, 0.2) is 11.6 Å². The molecular weight excluding hydrogens is 299 g/mol. The third-order valence-electron chi connectivity index (χ3n) is 4.13. The van der Waals surface area contributed by atoms with E-state index in [0.717, 1.165) is 12.8 Å². The van der Waals surface area contributed by atoms with Crippen molar-refractivity contribution in [3.8, 4) is 5.75 Å². The maximum atomic E-state index is 13.5. The number of aliphatic hydroxyl groups excluding tert-OH is 1. The number of piperidine rings is 1. The highest BCUT2D eigenvalue weighted by Crippen LogP contribution is 2.20. The van der Waals surface area contributed by atoms with Crippen LogP contribution in [-0.4, -0.2) is 47.9 Å². The molecule has 1 aromatic carbocycles. The number of likely N-dealkylation sites (tertiary alicyclic amines) is 1. The molecule has 1 saturated heterocycles. The summed E-state index contributed by atoms with van der Waals surface area (Å²) in [4.78, 5) is 13.9. The fourth-order valence-electron chi connectivity index (χ4n) is 2.73. The number of amides is 2. The molecule has 5 nitrogen and oxygen atoms in total. The normalized spacial score (nSPS) is 20.7. The van der Waals surface area contributed by atoms with Crippen LogP contribution in [-0.2, 0) is 0 Å². The van der Waals surface area contributed by atoms with E-state index in [2.05, 4.69) is 5.32 Å². The third kappa shape index (κ3) is 5.10. The van der Waals surface area contributed by atoms with E-state index in [1.54, 1.807) is 36.9 Å². The minimum absolute atomic E-state index is 0.126. The van der Waals surface area contributed by atoms with Crippen LogP contribution < -0.4 is 10.1 Å². The lowest BCUT2D eigenvalue weighted by Crippen LogP contribution is -2.49. The monoisotopic (exact) mass is 324 g/mol. The Balaban J connectivity index is 1.78. The van der Waals surface area contributed by atoms with Gasteiger partial charge in [-0.15, -0.1) is 0 Å². The number of halogens is 1. The Labute approximate surface area is 136 Å².